The number of aryl methyl sites for hydroxylation is 2. The van der Waals surface area contributed by atoms with E-state index in [-0.39, 0.29) is 33.2 Å². The van der Waals surface area contributed by atoms with Gasteiger partial charge < -0.3 is 5.32 Å². The van der Waals surface area contributed by atoms with Gasteiger partial charge in [0.2, 0.25) is 0 Å². The lowest BCUT2D eigenvalue weighted by molar-refractivity contribution is -0.384. The molecule has 0 atom stereocenters. The van der Waals surface area contributed by atoms with Crippen LogP contribution in [-0.4, -0.2) is 26.4 Å². The minimum atomic E-state index is -0.557. The number of amides is 1. The number of nitrogens with zero attached hydrogens (tertiary/aromatic N) is 3. The van der Waals surface area contributed by atoms with Gasteiger partial charge in [-0.15, -0.1) is 0 Å². The van der Waals surface area contributed by atoms with E-state index in [1.54, 1.807) is 20.0 Å². The van der Waals surface area contributed by atoms with Gasteiger partial charge in [0.15, 0.2) is 5.78 Å². The number of rotatable bonds is 5. The van der Waals surface area contributed by atoms with Crippen molar-refractivity contribution in [3.63, 3.8) is 0 Å². The van der Waals surface area contributed by atoms with E-state index in [1.165, 1.54) is 41.1 Å². The zero-order chi connectivity index (χ0) is 21.3. The third kappa shape index (κ3) is 4.13. The first kappa shape index (κ1) is 20.5. The molecule has 0 bridgehead atoms. The summed E-state index contributed by atoms with van der Waals surface area (Å²) in [6.07, 6.45) is 0. The molecule has 0 aliphatic heterocycles. The smallest absolute Gasteiger partial charge is 0.269 e. The zero-order valence-electron chi connectivity index (χ0n) is 15.3. The number of carbonyl (C=O) groups is 2. The number of anilines is 1. The van der Waals surface area contributed by atoms with Crippen molar-refractivity contribution in [3.8, 4) is 0 Å². The molecule has 1 amide bonds. The number of aromatic nitrogens is 2. The van der Waals surface area contributed by atoms with Crippen molar-refractivity contribution in [2.75, 3.05) is 5.32 Å². The Balaban J connectivity index is 1.95. The molecule has 0 aliphatic rings. The number of benzene rings is 2. The minimum Gasteiger partial charge on any atom is -0.306 e. The zero-order valence-corrected chi connectivity index (χ0v) is 16.8. The highest BCUT2D eigenvalue weighted by Gasteiger charge is 2.25. The average molecular weight is 433 g/mol. The summed E-state index contributed by atoms with van der Waals surface area (Å²) in [4.78, 5) is 35.9. The van der Waals surface area contributed by atoms with Gasteiger partial charge in [-0.3, -0.25) is 24.4 Å². The minimum absolute atomic E-state index is 0.133. The Morgan fingerprint density at radius 3 is 2.38 bits per heavy atom. The maximum Gasteiger partial charge on any atom is 0.269 e. The molecular weight excluding hydrogens is 419 g/mol. The lowest BCUT2D eigenvalue weighted by Crippen LogP contribution is -2.17. The predicted molar refractivity (Wildman–Crippen MR) is 109 cm³/mol. The summed E-state index contributed by atoms with van der Waals surface area (Å²) >= 11 is 12.0. The Hall–Kier alpha value is -3.23. The quantitative estimate of drug-likeness (QED) is 0.364. The standard InChI is InChI=1S/C19H14Cl2N4O4/c1-10-16(17(26)14-8-5-12(20)9-15(14)21)18(24(2)23-10)22-19(27)11-3-6-13(7-4-11)25(28)29/h3-9H,1-2H3,(H,22,27). The maximum atomic E-state index is 13.1. The molecular formula is C19H14Cl2N4O4. The fourth-order valence-electron chi connectivity index (χ4n) is 2.80. The van der Waals surface area contributed by atoms with E-state index in [4.69, 9.17) is 23.2 Å². The van der Waals surface area contributed by atoms with Crippen molar-refractivity contribution >= 4 is 46.4 Å². The Kier molecular flexibility index (Phi) is 5.67. The molecule has 10 heteroatoms. The SMILES string of the molecule is Cc1nn(C)c(NC(=O)c2ccc([N+](=O)[O-])cc2)c1C(=O)c1ccc(Cl)cc1Cl. The monoisotopic (exact) mass is 432 g/mol. The highest BCUT2D eigenvalue weighted by atomic mass is 35.5. The molecule has 0 radical (unpaired) electrons. The van der Waals surface area contributed by atoms with Crippen LogP contribution in [0.15, 0.2) is 42.5 Å². The van der Waals surface area contributed by atoms with Gasteiger partial charge in [-0.25, -0.2) is 0 Å². The lowest BCUT2D eigenvalue weighted by atomic mass is 10.0. The fourth-order valence-corrected chi connectivity index (χ4v) is 3.29. The van der Waals surface area contributed by atoms with Gasteiger partial charge in [0.1, 0.15) is 5.82 Å². The summed E-state index contributed by atoms with van der Waals surface area (Å²) in [5, 5.41) is 18.2. The summed E-state index contributed by atoms with van der Waals surface area (Å²) in [5.74, 6) is -0.780. The third-order valence-corrected chi connectivity index (χ3v) is 4.75. The summed E-state index contributed by atoms with van der Waals surface area (Å²) in [6, 6.07) is 9.61. The number of nitro groups is 1. The average Bonchev–Trinajstić information content (AvgIpc) is 2.94. The van der Waals surface area contributed by atoms with Crippen LogP contribution in [0.25, 0.3) is 0 Å². The molecule has 1 N–H and O–H groups in total. The van der Waals surface area contributed by atoms with Crippen LogP contribution in [0.3, 0.4) is 0 Å². The van der Waals surface area contributed by atoms with Gasteiger partial charge in [-0.2, -0.15) is 5.10 Å². The second-order valence-corrected chi connectivity index (χ2v) is 6.99. The van der Waals surface area contributed by atoms with Gasteiger partial charge in [-0.05, 0) is 37.3 Å². The predicted octanol–water partition coefficient (Wildman–Crippen LogP) is 4.43. The maximum absolute atomic E-state index is 13.1. The summed E-state index contributed by atoms with van der Waals surface area (Å²) in [7, 11) is 1.58. The molecule has 8 nitrogen and oxygen atoms in total. The summed E-state index contributed by atoms with van der Waals surface area (Å²) in [5.41, 5.74) is 0.871. The van der Waals surface area contributed by atoms with Gasteiger partial charge in [0.05, 0.1) is 21.2 Å². The number of nitrogens with one attached hydrogen (secondary N) is 1. The molecule has 0 aliphatic carbocycles. The van der Waals surface area contributed by atoms with E-state index in [0.29, 0.717) is 10.7 Å². The molecule has 0 fully saturated rings. The molecule has 0 spiro atoms. The number of nitro benzene ring substituents is 1. The second kappa shape index (κ2) is 8.02. The van der Waals surface area contributed by atoms with E-state index in [1.807, 2.05) is 0 Å². The molecule has 3 rings (SSSR count). The molecule has 29 heavy (non-hydrogen) atoms. The van der Waals surface area contributed by atoms with Crippen LogP contribution < -0.4 is 5.32 Å². The van der Waals surface area contributed by atoms with Gasteiger partial charge >= 0.3 is 0 Å². The molecule has 2 aromatic carbocycles. The van der Waals surface area contributed by atoms with E-state index >= 15 is 0 Å². The summed E-state index contributed by atoms with van der Waals surface area (Å²) in [6.45, 7) is 1.64. The Morgan fingerprint density at radius 1 is 1.14 bits per heavy atom. The van der Waals surface area contributed by atoms with E-state index in [2.05, 4.69) is 10.4 Å². The van der Waals surface area contributed by atoms with Crippen molar-refractivity contribution in [1.29, 1.82) is 0 Å². The molecule has 3 aromatic rings. The number of hydrogen-bond donors (Lipinski definition) is 1. The van der Waals surface area contributed by atoms with Crippen molar-refractivity contribution in [2.45, 2.75) is 6.92 Å². The largest absolute Gasteiger partial charge is 0.306 e. The highest BCUT2D eigenvalue weighted by Crippen LogP contribution is 2.28. The van der Waals surface area contributed by atoms with Crippen molar-refractivity contribution in [2.24, 2.45) is 7.05 Å². The number of ketones is 1. The van der Waals surface area contributed by atoms with Crippen molar-refractivity contribution in [3.05, 3.63) is 85.0 Å². The Morgan fingerprint density at radius 2 is 1.79 bits per heavy atom. The first-order valence-corrected chi connectivity index (χ1v) is 9.03. The van der Waals surface area contributed by atoms with Crippen molar-refractivity contribution in [1.82, 2.24) is 9.78 Å². The van der Waals surface area contributed by atoms with Crippen molar-refractivity contribution < 1.29 is 14.5 Å². The number of hydrogen-bond acceptors (Lipinski definition) is 5. The second-order valence-electron chi connectivity index (χ2n) is 6.14. The van der Waals surface area contributed by atoms with E-state index in [9.17, 15) is 19.7 Å². The molecule has 1 heterocycles. The fraction of sp³-hybridized carbons (Fsp3) is 0.105. The highest BCUT2D eigenvalue weighted by molar-refractivity contribution is 6.37. The summed E-state index contributed by atoms with van der Waals surface area (Å²) < 4.78 is 1.37. The third-order valence-electron chi connectivity index (χ3n) is 4.20. The van der Waals surface area contributed by atoms with Crippen LogP contribution in [0.5, 0.6) is 0 Å². The molecule has 148 valence electrons. The number of non-ortho nitro benzene ring substituents is 1. The number of halogens is 2. The van der Waals surface area contributed by atoms with Gasteiger partial charge in [0, 0.05) is 35.3 Å². The lowest BCUT2D eigenvalue weighted by Gasteiger charge is -2.09. The van der Waals surface area contributed by atoms with E-state index < -0.39 is 16.6 Å². The first-order chi connectivity index (χ1) is 13.7. The number of carbonyl (C=O) groups excluding carboxylic acids is 2. The van der Waals surface area contributed by atoms with Gasteiger partial charge in [0.25, 0.3) is 11.6 Å². The molecule has 0 saturated heterocycles. The normalized spacial score (nSPS) is 10.6. The molecule has 0 saturated carbocycles. The van der Waals surface area contributed by atoms with Crippen LogP contribution in [-0.2, 0) is 7.05 Å². The van der Waals surface area contributed by atoms with Crippen LogP contribution in [0.2, 0.25) is 10.0 Å². The van der Waals surface area contributed by atoms with Crippen LogP contribution >= 0.6 is 23.2 Å². The molecule has 1 aromatic heterocycles. The van der Waals surface area contributed by atoms with Crippen LogP contribution in [0.1, 0.15) is 32.0 Å². The first-order valence-electron chi connectivity index (χ1n) is 8.28. The Bertz CT molecular complexity index is 1140. The van der Waals surface area contributed by atoms with Gasteiger partial charge in [-0.1, -0.05) is 23.2 Å². The van der Waals surface area contributed by atoms with Crippen LogP contribution in [0, 0.1) is 17.0 Å². The van der Waals surface area contributed by atoms with Crippen LogP contribution in [0.4, 0.5) is 11.5 Å². The Labute approximate surface area is 175 Å². The van der Waals surface area contributed by atoms with E-state index in [0.717, 1.165) is 0 Å². The molecule has 0 unspecified atom stereocenters. The topological polar surface area (TPSA) is 107 Å².